The first-order chi connectivity index (χ1) is 19.6. The molecule has 212 valence electrons. The van der Waals surface area contributed by atoms with Crippen LogP contribution in [0.2, 0.25) is 0 Å². The number of imidazole rings is 1. The molecule has 2 amide bonds. The fourth-order valence-corrected chi connectivity index (χ4v) is 5.61. The first kappa shape index (κ1) is 26.8. The van der Waals surface area contributed by atoms with Gasteiger partial charge in [0.15, 0.2) is 29.5 Å². The Kier molecular flexibility index (Phi) is 6.70. The Morgan fingerprint density at radius 3 is 2.61 bits per heavy atom. The third kappa shape index (κ3) is 4.60. The summed E-state index contributed by atoms with van der Waals surface area (Å²) >= 11 is 0. The number of aromatic amines is 1. The van der Waals surface area contributed by atoms with Crippen LogP contribution in [0.5, 0.6) is 0 Å². The standard InChI is InChI=1S/C28H24F4N6O3/c1-12(7-16-23(31)17(29)10-18(30)24(16)32)35-19-4-6-34-26(39)22(19)25-36-20-8-14-15(9-21(20)37-25)28(41)38(27(14)40)13-3-2-5-33-11-13/h2-3,5,8-12,19,22,27,35,40H,4,6-7H2,1H3,(H,34,39)(H,36,37)/t12-,19?,22?,27?/m0/s1. The number of aliphatic hydroxyl groups excluding tert-OH is 1. The van der Waals surface area contributed by atoms with E-state index in [2.05, 4.69) is 25.6 Å². The highest BCUT2D eigenvalue weighted by atomic mass is 19.2. The van der Waals surface area contributed by atoms with Gasteiger partial charge in [-0.3, -0.25) is 19.5 Å². The summed E-state index contributed by atoms with van der Waals surface area (Å²) in [5.74, 6) is -7.22. The molecule has 4 N–H and O–H groups in total. The molecule has 41 heavy (non-hydrogen) atoms. The normalized spacial score (nSPS) is 21.3. The summed E-state index contributed by atoms with van der Waals surface area (Å²) in [4.78, 5) is 39.1. The largest absolute Gasteiger partial charge is 0.369 e. The van der Waals surface area contributed by atoms with E-state index in [1.54, 1.807) is 37.4 Å². The lowest BCUT2D eigenvalue weighted by Crippen LogP contribution is -2.52. The van der Waals surface area contributed by atoms with Gasteiger partial charge in [0.2, 0.25) is 5.91 Å². The number of aromatic nitrogens is 3. The smallest absolute Gasteiger partial charge is 0.261 e. The van der Waals surface area contributed by atoms with E-state index < -0.39 is 59.0 Å². The second-order valence-electron chi connectivity index (χ2n) is 10.2. The Labute approximate surface area is 230 Å². The molecule has 6 rings (SSSR count). The zero-order chi connectivity index (χ0) is 29.0. The maximum Gasteiger partial charge on any atom is 0.261 e. The quantitative estimate of drug-likeness (QED) is 0.209. The van der Waals surface area contributed by atoms with E-state index >= 15 is 0 Å². The van der Waals surface area contributed by atoms with Crippen LogP contribution in [0, 0.1) is 23.3 Å². The lowest BCUT2D eigenvalue weighted by Gasteiger charge is -2.33. The second-order valence-corrected chi connectivity index (χ2v) is 10.2. The molecule has 0 radical (unpaired) electrons. The SMILES string of the molecule is C[C@@H](Cc1c(F)c(F)cc(F)c1F)NC1CCNC(=O)C1c1nc2cc3c(cc2[nH]1)C(O)N(c1cccnc1)C3=O. The van der Waals surface area contributed by atoms with Crippen LogP contribution in [0.15, 0.2) is 42.7 Å². The molecule has 0 bridgehead atoms. The minimum absolute atomic E-state index is 0.161. The van der Waals surface area contributed by atoms with Gasteiger partial charge in [-0.1, -0.05) is 0 Å². The number of rotatable bonds is 6. The summed E-state index contributed by atoms with van der Waals surface area (Å²) < 4.78 is 55.9. The van der Waals surface area contributed by atoms with Crippen molar-refractivity contribution in [3.05, 3.63) is 88.5 Å². The van der Waals surface area contributed by atoms with Gasteiger partial charge < -0.3 is 20.7 Å². The third-order valence-electron chi connectivity index (χ3n) is 7.51. The molecule has 4 aromatic rings. The maximum absolute atomic E-state index is 14.2. The molecule has 0 saturated carbocycles. The number of pyridine rings is 1. The van der Waals surface area contributed by atoms with Crippen molar-refractivity contribution in [2.45, 2.75) is 44.0 Å². The molecule has 3 unspecified atom stereocenters. The molecule has 2 aliphatic heterocycles. The number of aliphatic hydroxyl groups is 1. The van der Waals surface area contributed by atoms with E-state index in [1.807, 2.05) is 0 Å². The molecule has 1 saturated heterocycles. The van der Waals surface area contributed by atoms with Gasteiger partial charge in [0.25, 0.3) is 5.91 Å². The summed E-state index contributed by atoms with van der Waals surface area (Å²) in [6.07, 6.45) is 1.85. The van der Waals surface area contributed by atoms with Gasteiger partial charge in [0.05, 0.1) is 28.5 Å². The molecule has 4 heterocycles. The van der Waals surface area contributed by atoms with Crippen LogP contribution < -0.4 is 15.5 Å². The van der Waals surface area contributed by atoms with Crippen molar-refractivity contribution in [2.24, 2.45) is 0 Å². The molecule has 2 aromatic heterocycles. The number of halogens is 4. The number of hydrogen-bond acceptors (Lipinski definition) is 6. The zero-order valence-electron chi connectivity index (χ0n) is 21.6. The molecular weight excluding hydrogens is 544 g/mol. The van der Waals surface area contributed by atoms with Gasteiger partial charge in [-0.15, -0.1) is 0 Å². The van der Waals surface area contributed by atoms with Crippen LogP contribution >= 0.6 is 0 Å². The Bertz CT molecular complexity index is 1650. The number of amides is 2. The number of nitrogens with zero attached hydrogens (tertiary/aromatic N) is 3. The van der Waals surface area contributed by atoms with E-state index in [-0.39, 0.29) is 29.8 Å². The third-order valence-corrected chi connectivity index (χ3v) is 7.51. The fraction of sp³-hybridized carbons (Fsp3) is 0.286. The van der Waals surface area contributed by atoms with E-state index in [0.717, 1.165) is 0 Å². The minimum atomic E-state index is -1.48. The predicted octanol–water partition coefficient (Wildman–Crippen LogP) is 3.36. The van der Waals surface area contributed by atoms with E-state index in [1.165, 1.54) is 11.1 Å². The molecular formula is C28H24F4N6O3. The molecule has 2 aromatic carbocycles. The van der Waals surface area contributed by atoms with Gasteiger partial charge in [0, 0.05) is 42.0 Å². The van der Waals surface area contributed by atoms with Gasteiger partial charge in [-0.05, 0) is 44.0 Å². The van der Waals surface area contributed by atoms with E-state index in [9.17, 15) is 32.3 Å². The Morgan fingerprint density at radius 1 is 1.15 bits per heavy atom. The summed E-state index contributed by atoms with van der Waals surface area (Å²) in [7, 11) is 0. The lowest BCUT2D eigenvalue weighted by molar-refractivity contribution is -0.124. The Morgan fingerprint density at radius 2 is 1.90 bits per heavy atom. The van der Waals surface area contributed by atoms with Gasteiger partial charge in [-0.2, -0.15) is 0 Å². The maximum atomic E-state index is 14.2. The molecule has 1 fully saturated rings. The number of hydrogen-bond donors (Lipinski definition) is 4. The van der Waals surface area contributed by atoms with E-state index in [0.29, 0.717) is 35.2 Å². The van der Waals surface area contributed by atoms with Crippen molar-refractivity contribution in [1.29, 1.82) is 0 Å². The average Bonchev–Trinajstić information content (AvgIpc) is 3.46. The number of anilines is 1. The Balaban J connectivity index is 1.27. The van der Waals surface area contributed by atoms with Gasteiger partial charge >= 0.3 is 0 Å². The number of fused-ring (bicyclic) bond motifs is 2. The van der Waals surface area contributed by atoms with Crippen molar-refractivity contribution in [2.75, 3.05) is 11.4 Å². The number of nitrogens with one attached hydrogen (secondary N) is 3. The molecule has 9 nitrogen and oxygen atoms in total. The van der Waals surface area contributed by atoms with Crippen LogP contribution in [0.1, 0.15) is 52.8 Å². The number of H-pyrrole nitrogens is 1. The van der Waals surface area contributed by atoms with Crippen molar-refractivity contribution in [3.8, 4) is 0 Å². The number of carbonyl (C=O) groups is 2. The highest BCUT2D eigenvalue weighted by Crippen LogP contribution is 2.38. The molecule has 0 spiro atoms. The second kappa shape index (κ2) is 10.2. The predicted molar refractivity (Wildman–Crippen MR) is 139 cm³/mol. The average molecular weight is 569 g/mol. The van der Waals surface area contributed by atoms with Crippen molar-refractivity contribution in [3.63, 3.8) is 0 Å². The summed E-state index contributed by atoms with van der Waals surface area (Å²) in [6, 6.07) is 5.42. The molecule has 13 heteroatoms. The highest BCUT2D eigenvalue weighted by Gasteiger charge is 2.39. The minimum Gasteiger partial charge on any atom is -0.369 e. The topological polar surface area (TPSA) is 123 Å². The van der Waals surface area contributed by atoms with E-state index in [4.69, 9.17) is 0 Å². The zero-order valence-corrected chi connectivity index (χ0v) is 21.6. The monoisotopic (exact) mass is 568 g/mol. The summed E-state index contributed by atoms with van der Waals surface area (Å²) in [5, 5.41) is 16.9. The van der Waals surface area contributed by atoms with Crippen molar-refractivity contribution in [1.82, 2.24) is 25.6 Å². The van der Waals surface area contributed by atoms with Crippen LogP contribution in [0.25, 0.3) is 11.0 Å². The molecule has 2 aliphatic rings. The Hall–Kier alpha value is -4.36. The van der Waals surface area contributed by atoms with Gasteiger partial charge in [-0.25, -0.2) is 22.5 Å². The van der Waals surface area contributed by atoms with Crippen molar-refractivity contribution < 1.29 is 32.3 Å². The number of piperidine rings is 1. The first-order valence-corrected chi connectivity index (χ1v) is 12.9. The van der Waals surface area contributed by atoms with Crippen LogP contribution in [0.4, 0.5) is 23.2 Å². The summed E-state index contributed by atoms with van der Waals surface area (Å²) in [5.41, 5.74) is 1.22. The molecule has 4 atom stereocenters. The lowest BCUT2D eigenvalue weighted by atomic mass is 9.90. The summed E-state index contributed by atoms with van der Waals surface area (Å²) in [6.45, 7) is 1.92. The molecule has 0 aliphatic carbocycles. The van der Waals surface area contributed by atoms with Crippen molar-refractivity contribution >= 4 is 28.5 Å². The van der Waals surface area contributed by atoms with Crippen LogP contribution in [-0.4, -0.2) is 50.5 Å². The highest BCUT2D eigenvalue weighted by molar-refractivity contribution is 6.12. The fourth-order valence-electron chi connectivity index (χ4n) is 5.61. The van der Waals surface area contributed by atoms with Gasteiger partial charge in [0.1, 0.15) is 11.7 Å². The number of benzene rings is 2. The number of carbonyl (C=O) groups excluding carboxylic acids is 2. The first-order valence-electron chi connectivity index (χ1n) is 12.9. The van der Waals surface area contributed by atoms with Crippen LogP contribution in [0.3, 0.4) is 0 Å². The van der Waals surface area contributed by atoms with Crippen LogP contribution in [-0.2, 0) is 11.2 Å².